The van der Waals surface area contributed by atoms with E-state index in [9.17, 15) is 5.11 Å². The van der Waals surface area contributed by atoms with Crippen LogP contribution in [0, 0.1) is 0 Å². The third-order valence-electron chi connectivity index (χ3n) is 2.55. The smallest absolute Gasteiger partial charge is 0.123 e. The summed E-state index contributed by atoms with van der Waals surface area (Å²) in [5.41, 5.74) is 0. The van der Waals surface area contributed by atoms with Gasteiger partial charge in [0.15, 0.2) is 0 Å². The zero-order valence-corrected chi connectivity index (χ0v) is 10.7. The molecule has 2 aromatic rings. The largest absolute Gasteiger partial charge is 0.507 e. The second-order valence-corrected chi connectivity index (χ2v) is 4.81. The van der Waals surface area contributed by atoms with Crippen molar-refractivity contribution in [3.63, 3.8) is 0 Å². The fourth-order valence-corrected chi connectivity index (χ4v) is 2.66. The Morgan fingerprint density at radius 1 is 1.12 bits per heavy atom. The molecule has 2 nitrogen and oxygen atoms in total. The van der Waals surface area contributed by atoms with Gasteiger partial charge in [-0.3, -0.25) is 0 Å². The van der Waals surface area contributed by atoms with Crippen LogP contribution in [0.3, 0.4) is 0 Å². The number of rotatable bonds is 5. The van der Waals surface area contributed by atoms with Crippen LogP contribution in [0.5, 0.6) is 5.75 Å². The average Bonchev–Trinajstić information content (AvgIpc) is 2.37. The lowest BCUT2D eigenvalue weighted by Gasteiger charge is -2.07. The lowest BCUT2D eigenvalue weighted by Crippen LogP contribution is -1.95. The Morgan fingerprint density at radius 3 is 2.65 bits per heavy atom. The maximum atomic E-state index is 9.77. The molecule has 17 heavy (non-hydrogen) atoms. The first-order valence-electron chi connectivity index (χ1n) is 5.74. The van der Waals surface area contributed by atoms with E-state index in [4.69, 9.17) is 4.74 Å². The molecule has 90 valence electrons. The number of fused-ring (bicyclic) bond motifs is 1. The molecule has 0 aromatic heterocycles. The fraction of sp³-hybridized carbons (Fsp3) is 0.286. The number of phenolic OH excluding ortho intramolecular Hbond substituents is 1. The Kier molecular flexibility index (Phi) is 4.29. The molecule has 3 heteroatoms. The summed E-state index contributed by atoms with van der Waals surface area (Å²) in [6.07, 6.45) is 0. The highest BCUT2D eigenvalue weighted by atomic mass is 32.2. The molecular weight excluding hydrogens is 232 g/mol. The molecule has 1 N–H and O–H groups in total. The number of hydrogen-bond acceptors (Lipinski definition) is 3. The monoisotopic (exact) mass is 248 g/mol. The second-order valence-electron chi connectivity index (χ2n) is 3.67. The highest BCUT2D eigenvalue weighted by Gasteiger charge is 2.04. The van der Waals surface area contributed by atoms with Crippen molar-refractivity contribution in [3.8, 4) is 5.75 Å². The van der Waals surface area contributed by atoms with Crippen LogP contribution < -0.4 is 0 Å². The number of aromatic hydroxyl groups is 1. The van der Waals surface area contributed by atoms with Gasteiger partial charge in [-0.25, -0.2) is 0 Å². The van der Waals surface area contributed by atoms with E-state index in [-0.39, 0.29) is 0 Å². The predicted octanol–water partition coefficient (Wildman–Crippen LogP) is 3.67. The SMILES string of the molecule is CCOCCSc1ccc(O)c2ccccc12. The number of hydrogen-bond donors (Lipinski definition) is 1. The Labute approximate surface area is 106 Å². The van der Waals surface area contributed by atoms with Crippen LogP contribution in [0.1, 0.15) is 6.92 Å². The second kappa shape index (κ2) is 5.94. The molecule has 0 spiro atoms. The van der Waals surface area contributed by atoms with Crippen molar-refractivity contribution in [1.29, 1.82) is 0 Å². The first kappa shape index (κ1) is 12.3. The van der Waals surface area contributed by atoms with Crippen molar-refractivity contribution in [1.82, 2.24) is 0 Å². The van der Waals surface area contributed by atoms with Crippen LogP contribution in [0.15, 0.2) is 41.3 Å². The molecule has 0 saturated heterocycles. The summed E-state index contributed by atoms with van der Waals surface area (Å²) in [5, 5.41) is 11.8. The maximum absolute atomic E-state index is 9.77. The van der Waals surface area contributed by atoms with Gasteiger partial charge in [0.25, 0.3) is 0 Å². The topological polar surface area (TPSA) is 29.5 Å². The third-order valence-corrected chi connectivity index (χ3v) is 3.59. The van der Waals surface area contributed by atoms with Gasteiger partial charge in [-0.1, -0.05) is 24.3 Å². The summed E-state index contributed by atoms with van der Waals surface area (Å²) in [6, 6.07) is 11.6. The molecule has 0 aliphatic rings. The minimum atomic E-state index is 0.342. The maximum Gasteiger partial charge on any atom is 0.123 e. The molecule has 0 aliphatic heterocycles. The normalized spacial score (nSPS) is 10.9. The van der Waals surface area contributed by atoms with Gasteiger partial charge >= 0.3 is 0 Å². The zero-order chi connectivity index (χ0) is 12.1. The average molecular weight is 248 g/mol. The van der Waals surface area contributed by atoms with Crippen molar-refractivity contribution in [2.45, 2.75) is 11.8 Å². The first-order valence-corrected chi connectivity index (χ1v) is 6.72. The summed E-state index contributed by atoms with van der Waals surface area (Å²) >= 11 is 1.76. The Morgan fingerprint density at radius 2 is 1.88 bits per heavy atom. The lowest BCUT2D eigenvalue weighted by atomic mass is 10.1. The minimum absolute atomic E-state index is 0.342. The van der Waals surface area contributed by atoms with E-state index in [1.165, 1.54) is 4.90 Å². The Balaban J connectivity index is 2.20. The van der Waals surface area contributed by atoms with Crippen LogP contribution in [-0.4, -0.2) is 24.1 Å². The van der Waals surface area contributed by atoms with E-state index in [1.54, 1.807) is 17.8 Å². The predicted molar refractivity (Wildman–Crippen MR) is 72.8 cm³/mol. The van der Waals surface area contributed by atoms with Crippen LogP contribution in [-0.2, 0) is 4.74 Å². The molecule has 2 aromatic carbocycles. The lowest BCUT2D eigenvalue weighted by molar-refractivity contribution is 0.164. The summed E-state index contributed by atoms with van der Waals surface area (Å²) in [7, 11) is 0. The summed E-state index contributed by atoms with van der Waals surface area (Å²) in [6.45, 7) is 3.52. The number of phenols is 1. The number of ether oxygens (including phenoxy) is 1. The van der Waals surface area contributed by atoms with Gasteiger partial charge in [-0.2, -0.15) is 0 Å². The van der Waals surface area contributed by atoms with E-state index in [0.717, 1.165) is 29.7 Å². The summed E-state index contributed by atoms with van der Waals surface area (Å²) in [4.78, 5) is 1.19. The van der Waals surface area contributed by atoms with E-state index in [0.29, 0.717) is 5.75 Å². The molecule has 0 fully saturated rings. The van der Waals surface area contributed by atoms with Gasteiger partial charge in [0.05, 0.1) is 6.61 Å². The zero-order valence-electron chi connectivity index (χ0n) is 9.85. The highest BCUT2D eigenvalue weighted by Crippen LogP contribution is 2.32. The summed E-state index contributed by atoms with van der Waals surface area (Å²) < 4.78 is 5.32. The number of thioether (sulfide) groups is 1. The molecule has 0 aliphatic carbocycles. The van der Waals surface area contributed by atoms with Crippen molar-refractivity contribution in [2.75, 3.05) is 19.0 Å². The molecule has 0 atom stereocenters. The molecule has 0 unspecified atom stereocenters. The fourth-order valence-electron chi connectivity index (χ4n) is 1.74. The van der Waals surface area contributed by atoms with Crippen molar-refractivity contribution >= 4 is 22.5 Å². The van der Waals surface area contributed by atoms with Crippen molar-refractivity contribution in [3.05, 3.63) is 36.4 Å². The van der Waals surface area contributed by atoms with Gasteiger partial charge in [-0.05, 0) is 24.4 Å². The quantitative estimate of drug-likeness (QED) is 0.646. The van der Waals surface area contributed by atoms with Gasteiger partial charge < -0.3 is 9.84 Å². The molecular formula is C14H16O2S. The first-order chi connectivity index (χ1) is 8.33. The molecule has 0 radical (unpaired) electrons. The molecule has 0 bridgehead atoms. The highest BCUT2D eigenvalue weighted by molar-refractivity contribution is 7.99. The third kappa shape index (κ3) is 2.93. The van der Waals surface area contributed by atoms with Crippen LogP contribution in [0.25, 0.3) is 10.8 Å². The Bertz CT molecular complexity index is 497. The standard InChI is InChI=1S/C14H16O2S/c1-2-16-9-10-17-14-8-7-13(15)11-5-3-4-6-12(11)14/h3-8,15H,2,9-10H2,1H3. The van der Waals surface area contributed by atoms with Crippen LogP contribution >= 0.6 is 11.8 Å². The number of benzene rings is 2. The summed E-state index contributed by atoms with van der Waals surface area (Å²) in [5.74, 6) is 1.28. The van der Waals surface area contributed by atoms with Crippen molar-refractivity contribution < 1.29 is 9.84 Å². The van der Waals surface area contributed by atoms with E-state index in [2.05, 4.69) is 0 Å². The van der Waals surface area contributed by atoms with Gasteiger partial charge in [-0.15, -0.1) is 11.8 Å². The van der Waals surface area contributed by atoms with Crippen LogP contribution in [0.2, 0.25) is 0 Å². The minimum Gasteiger partial charge on any atom is -0.507 e. The van der Waals surface area contributed by atoms with E-state index >= 15 is 0 Å². The molecule has 0 heterocycles. The van der Waals surface area contributed by atoms with Crippen molar-refractivity contribution in [2.24, 2.45) is 0 Å². The Hall–Kier alpha value is -1.19. The molecule has 0 amide bonds. The van der Waals surface area contributed by atoms with Gasteiger partial charge in [0.1, 0.15) is 5.75 Å². The van der Waals surface area contributed by atoms with E-state index in [1.807, 2.05) is 37.3 Å². The van der Waals surface area contributed by atoms with Gasteiger partial charge in [0.2, 0.25) is 0 Å². The molecule has 2 rings (SSSR count). The van der Waals surface area contributed by atoms with E-state index < -0.39 is 0 Å². The van der Waals surface area contributed by atoms with Crippen LogP contribution in [0.4, 0.5) is 0 Å². The van der Waals surface area contributed by atoms with Gasteiger partial charge in [0, 0.05) is 22.6 Å². The molecule has 0 saturated carbocycles.